The van der Waals surface area contributed by atoms with E-state index in [1.165, 1.54) is 24.3 Å². The number of nitrogens with one attached hydrogen (secondary N) is 2. The summed E-state index contributed by atoms with van der Waals surface area (Å²) in [5, 5.41) is 17.7. The fourth-order valence-electron chi connectivity index (χ4n) is 3.50. The molecule has 0 fully saturated rings. The number of nitrogens with zero attached hydrogens (tertiary/aromatic N) is 1. The Balaban J connectivity index is 1.38. The average Bonchev–Trinajstić information content (AvgIpc) is 3.26. The van der Waals surface area contributed by atoms with Crippen LogP contribution < -0.4 is 15.4 Å². The zero-order chi connectivity index (χ0) is 23.6. The highest BCUT2D eigenvalue weighted by atomic mass is 32.1. The topological polar surface area (TPSA) is 110 Å². The van der Waals surface area contributed by atoms with Crippen molar-refractivity contribution >= 4 is 28.3 Å². The highest BCUT2D eigenvalue weighted by molar-refractivity contribution is 7.14. The number of carbonyl (C=O) groups excluding carboxylic acids is 2. The Labute approximate surface area is 193 Å². The molecular formula is C23H22FN3O5S. The first-order valence-electron chi connectivity index (χ1n) is 10.1. The number of hydrogen-bond donors (Lipinski definition) is 3. The summed E-state index contributed by atoms with van der Waals surface area (Å²) in [6.45, 7) is 1.18. The molecule has 2 amide bonds. The summed E-state index contributed by atoms with van der Waals surface area (Å²) < 4.78 is 24.9. The second-order valence-corrected chi connectivity index (χ2v) is 8.61. The number of anilines is 1. The maximum absolute atomic E-state index is 14.4. The summed E-state index contributed by atoms with van der Waals surface area (Å²) in [5.74, 6) is -1.06. The van der Waals surface area contributed by atoms with Crippen molar-refractivity contribution < 1.29 is 28.6 Å². The van der Waals surface area contributed by atoms with Crippen molar-refractivity contribution in [3.8, 4) is 17.0 Å². The van der Waals surface area contributed by atoms with Gasteiger partial charge in [-0.15, -0.1) is 11.3 Å². The number of ether oxygens (including phenoxy) is 2. The molecule has 8 nitrogen and oxygen atoms in total. The van der Waals surface area contributed by atoms with Crippen molar-refractivity contribution in [2.45, 2.75) is 19.1 Å². The highest BCUT2D eigenvalue weighted by Gasteiger charge is 2.33. The highest BCUT2D eigenvalue weighted by Crippen LogP contribution is 2.32. The Hall–Kier alpha value is -3.34. The summed E-state index contributed by atoms with van der Waals surface area (Å²) in [5.41, 5.74) is 0.644. The van der Waals surface area contributed by atoms with Crippen molar-refractivity contribution in [1.82, 2.24) is 10.3 Å². The van der Waals surface area contributed by atoms with Gasteiger partial charge in [0, 0.05) is 22.1 Å². The number of methoxy groups -OCH3 is 1. The molecule has 2 heterocycles. The summed E-state index contributed by atoms with van der Waals surface area (Å²) in [7, 11) is 1.58. The van der Waals surface area contributed by atoms with Crippen LogP contribution in [0.2, 0.25) is 0 Å². The van der Waals surface area contributed by atoms with Gasteiger partial charge in [-0.1, -0.05) is 12.1 Å². The van der Waals surface area contributed by atoms with Gasteiger partial charge in [-0.25, -0.2) is 9.37 Å². The molecule has 33 heavy (non-hydrogen) atoms. The molecule has 4 rings (SSSR count). The predicted molar refractivity (Wildman–Crippen MR) is 121 cm³/mol. The maximum atomic E-state index is 14.4. The summed E-state index contributed by atoms with van der Waals surface area (Å²) in [4.78, 5) is 29.2. The molecule has 2 aromatic carbocycles. The molecule has 3 N–H and O–H groups in total. The third-order valence-electron chi connectivity index (χ3n) is 5.19. The van der Waals surface area contributed by atoms with E-state index in [9.17, 15) is 19.1 Å². The Kier molecular flexibility index (Phi) is 6.41. The molecule has 1 aliphatic rings. The number of halogens is 1. The number of carbonyl (C=O) groups is 2. The Bertz CT molecular complexity index is 1210. The Morgan fingerprint density at radius 1 is 1.33 bits per heavy atom. The minimum absolute atomic E-state index is 0.00151. The zero-order valence-corrected chi connectivity index (χ0v) is 18.8. The molecule has 10 heteroatoms. The first-order valence-corrected chi connectivity index (χ1v) is 11.0. The average molecular weight is 472 g/mol. The number of thiazole rings is 1. The lowest BCUT2D eigenvalue weighted by molar-refractivity contribution is -0.115. The van der Waals surface area contributed by atoms with Crippen LogP contribution in [0.25, 0.3) is 11.3 Å². The van der Waals surface area contributed by atoms with E-state index in [1.54, 1.807) is 12.5 Å². The van der Waals surface area contributed by atoms with Gasteiger partial charge in [-0.2, -0.15) is 0 Å². The monoisotopic (exact) mass is 471 g/mol. The van der Waals surface area contributed by atoms with E-state index in [0.29, 0.717) is 22.1 Å². The SMILES string of the molecule is COc1cccc(-c2csc(NC(=O)CNC(=O)c3cc(F)c4c(c3)[C@](C)(O)COC4)n2)c1. The summed E-state index contributed by atoms with van der Waals surface area (Å²) in [6.07, 6.45) is 0. The number of aromatic nitrogens is 1. The number of fused-ring (bicyclic) bond motifs is 1. The predicted octanol–water partition coefficient (Wildman–Crippen LogP) is 3.06. The lowest BCUT2D eigenvalue weighted by Crippen LogP contribution is -2.36. The molecule has 0 saturated carbocycles. The normalized spacial score (nSPS) is 17.2. The molecule has 0 spiro atoms. The molecule has 1 aromatic heterocycles. The van der Waals surface area contributed by atoms with Crippen LogP contribution in [0.15, 0.2) is 41.8 Å². The van der Waals surface area contributed by atoms with Gasteiger partial charge in [0.2, 0.25) is 5.91 Å². The molecule has 0 bridgehead atoms. The molecule has 172 valence electrons. The van der Waals surface area contributed by atoms with E-state index in [1.807, 2.05) is 24.3 Å². The van der Waals surface area contributed by atoms with Gasteiger partial charge in [0.25, 0.3) is 5.91 Å². The van der Waals surface area contributed by atoms with Crippen LogP contribution in [0, 0.1) is 5.82 Å². The first kappa shape index (κ1) is 22.8. The van der Waals surface area contributed by atoms with Crippen LogP contribution >= 0.6 is 11.3 Å². The first-order chi connectivity index (χ1) is 15.8. The number of hydrogen-bond acceptors (Lipinski definition) is 7. The van der Waals surface area contributed by atoms with E-state index in [-0.39, 0.29) is 30.9 Å². The van der Waals surface area contributed by atoms with Crippen LogP contribution in [0.5, 0.6) is 5.75 Å². The second kappa shape index (κ2) is 9.26. The number of aliphatic hydroxyl groups is 1. The van der Waals surface area contributed by atoms with Crippen LogP contribution in [-0.4, -0.2) is 42.2 Å². The van der Waals surface area contributed by atoms with Gasteiger partial charge in [0.1, 0.15) is 17.2 Å². The standard InChI is InChI=1S/C23H22FN3O5S/c1-23(30)12-32-10-16-17(23)7-14(8-18(16)24)21(29)25-9-20(28)27-22-26-19(11-33-22)13-4-3-5-15(6-13)31-2/h3-8,11,30H,9-10,12H2,1-2H3,(H,25,29)(H,26,27,28)/t23-/m1/s1. The third kappa shape index (κ3) is 5.03. The van der Waals surface area contributed by atoms with Crippen molar-refractivity contribution in [3.05, 3.63) is 64.3 Å². The van der Waals surface area contributed by atoms with Gasteiger partial charge >= 0.3 is 0 Å². The number of rotatable bonds is 6. The van der Waals surface area contributed by atoms with Crippen molar-refractivity contribution in [1.29, 1.82) is 0 Å². The zero-order valence-electron chi connectivity index (χ0n) is 18.0. The van der Waals surface area contributed by atoms with Gasteiger partial charge < -0.3 is 25.2 Å². The number of amides is 2. The second-order valence-electron chi connectivity index (χ2n) is 7.75. The Morgan fingerprint density at radius 3 is 2.94 bits per heavy atom. The van der Waals surface area contributed by atoms with Crippen LogP contribution in [0.4, 0.5) is 9.52 Å². The molecule has 0 unspecified atom stereocenters. The molecular weight excluding hydrogens is 449 g/mol. The summed E-state index contributed by atoms with van der Waals surface area (Å²) in [6, 6.07) is 9.88. The largest absolute Gasteiger partial charge is 0.497 e. The number of benzene rings is 2. The Morgan fingerprint density at radius 2 is 2.15 bits per heavy atom. The van der Waals surface area contributed by atoms with E-state index < -0.39 is 23.2 Å². The van der Waals surface area contributed by atoms with Crippen molar-refractivity contribution in [2.24, 2.45) is 0 Å². The van der Waals surface area contributed by atoms with Crippen LogP contribution in [0.3, 0.4) is 0 Å². The molecule has 0 aliphatic carbocycles. The van der Waals surface area contributed by atoms with Gasteiger partial charge in [0.05, 0.1) is 32.6 Å². The quantitative estimate of drug-likeness (QED) is 0.510. The fourth-order valence-corrected chi connectivity index (χ4v) is 4.23. The molecule has 0 saturated heterocycles. The minimum atomic E-state index is -1.41. The van der Waals surface area contributed by atoms with E-state index in [2.05, 4.69) is 15.6 Å². The van der Waals surface area contributed by atoms with Gasteiger partial charge in [0.15, 0.2) is 5.13 Å². The van der Waals surface area contributed by atoms with Crippen molar-refractivity contribution in [3.63, 3.8) is 0 Å². The van der Waals surface area contributed by atoms with Crippen LogP contribution in [-0.2, 0) is 21.7 Å². The van der Waals surface area contributed by atoms with E-state index >= 15 is 0 Å². The van der Waals surface area contributed by atoms with Gasteiger partial charge in [-0.3, -0.25) is 9.59 Å². The fraction of sp³-hybridized carbons (Fsp3) is 0.261. The van der Waals surface area contributed by atoms with Gasteiger partial charge in [-0.05, 0) is 36.8 Å². The minimum Gasteiger partial charge on any atom is -0.497 e. The lowest BCUT2D eigenvalue weighted by atomic mass is 9.88. The molecule has 0 radical (unpaired) electrons. The third-order valence-corrected chi connectivity index (χ3v) is 5.95. The van der Waals surface area contributed by atoms with Crippen LogP contribution in [0.1, 0.15) is 28.4 Å². The molecule has 3 aromatic rings. The van der Waals surface area contributed by atoms with E-state index in [0.717, 1.165) is 11.6 Å². The summed E-state index contributed by atoms with van der Waals surface area (Å²) >= 11 is 1.25. The maximum Gasteiger partial charge on any atom is 0.251 e. The lowest BCUT2D eigenvalue weighted by Gasteiger charge is -2.31. The smallest absolute Gasteiger partial charge is 0.251 e. The molecule has 1 aliphatic heterocycles. The van der Waals surface area contributed by atoms with E-state index in [4.69, 9.17) is 9.47 Å². The molecule has 1 atom stereocenters. The van der Waals surface area contributed by atoms with Crippen molar-refractivity contribution in [2.75, 3.05) is 25.6 Å².